The fourth-order valence-electron chi connectivity index (χ4n) is 3.16. The van der Waals surface area contributed by atoms with Gasteiger partial charge in [-0.1, -0.05) is 56.3 Å². The van der Waals surface area contributed by atoms with Crippen molar-refractivity contribution < 1.29 is 9.59 Å². The van der Waals surface area contributed by atoms with E-state index in [1.54, 1.807) is 0 Å². The zero-order valence-corrected chi connectivity index (χ0v) is 12.3. The van der Waals surface area contributed by atoms with Gasteiger partial charge in [-0.15, -0.1) is 0 Å². The molecule has 2 rings (SSSR count). The van der Waals surface area contributed by atoms with E-state index in [4.69, 9.17) is 0 Å². The first-order valence-corrected chi connectivity index (χ1v) is 7.34. The van der Waals surface area contributed by atoms with Gasteiger partial charge in [0, 0.05) is 23.8 Å². The number of allylic oxidation sites excluding steroid dienone is 1. The molecule has 3 atom stereocenters. The molecule has 1 aliphatic rings. The van der Waals surface area contributed by atoms with E-state index in [0.717, 1.165) is 17.6 Å². The van der Waals surface area contributed by atoms with Crippen molar-refractivity contribution in [2.45, 2.75) is 33.1 Å². The normalized spacial score (nSPS) is 26.3. The van der Waals surface area contributed by atoms with E-state index in [1.807, 2.05) is 37.3 Å². The van der Waals surface area contributed by atoms with Crippen LogP contribution in [0.25, 0.3) is 0 Å². The van der Waals surface area contributed by atoms with Crippen LogP contribution in [-0.4, -0.2) is 11.6 Å². The summed E-state index contributed by atoms with van der Waals surface area (Å²) in [5, 5.41) is 0. The van der Waals surface area contributed by atoms with Crippen LogP contribution in [0.3, 0.4) is 0 Å². The van der Waals surface area contributed by atoms with Crippen LogP contribution in [0.1, 0.15) is 43.5 Å². The minimum atomic E-state index is -0.200. The number of carbonyl (C=O) groups excluding carboxylic acids is 2. The molecule has 1 aromatic rings. The number of rotatable bonds is 4. The molecule has 0 unspecified atom stereocenters. The highest BCUT2D eigenvalue weighted by Crippen LogP contribution is 2.39. The van der Waals surface area contributed by atoms with Gasteiger partial charge in [-0.2, -0.15) is 0 Å². The van der Waals surface area contributed by atoms with E-state index in [0.29, 0.717) is 18.8 Å². The van der Waals surface area contributed by atoms with E-state index in [-0.39, 0.29) is 23.4 Å². The predicted octanol–water partition coefficient (Wildman–Crippen LogP) is 4.07. The van der Waals surface area contributed by atoms with Crippen molar-refractivity contribution in [1.82, 2.24) is 0 Å². The van der Waals surface area contributed by atoms with Crippen LogP contribution in [0.2, 0.25) is 0 Å². The molecule has 0 saturated heterocycles. The number of hydrogen-bond donors (Lipinski definition) is 0. The first-order valence-electron chi connectivity index (χ1n) is 7.34. The Balaban J connectivity index is 2.20. The van der Waals surface area contributed by atoms with Gasteiger partial charge in [0.1, 0.15) is 5.78 Å². The molecule has 0 amide bonds. The van der Waals surface area contributed by atoms with Crippen molar-refractivity contribution in [3.05, 3.63) is 48.0 Å². The van der Waals surface area contributed by atoms with Crippen molar-refractivity contribution in [2.24, 2.45) is 17.8 Å². The highest BCUT2D eigenvalue weighted by molar-refractivity contribution is 6.00. The summed E-state index contributed by atoms with van der Waals surface area (Å²) in [6.07, 6.45) is 1.95. The van der Waals surface area contributed by atoms with Crippen molar-refractivity contribution in [2.75, 3.05) is 0 Å². The van der Waals surface area contributed by atoms with Gasteiger partial charge in [0.2, 0.25) is 0 Å². The smallest absolute Gasteiger partial charge is 0.169 e. The summed E-state index contributed by atoms with van der Waals surface area (Å²) in [6.45, 7) is 8.07. The second kappa shape index (κ2) is 6.17. The quantitative estimate of drug-likeness (QED) is 0.610. The number of ketones is 2. The molecule has 0 aromatic heterocycles. The minimum Gasteiger partial charge on any atom is -0.299 e. The van der Waals surface area contributed by atoms with Crippen LogP contribution in [0.4, 0.5) is 0 Å². The summed E-state index contributed by atoms with van der Waals surface area (Å²) < 4.78 is 0. The molecule has 1 aromatic carbocycles. The SMILES string of the molecule is C=C1C[C@H](C)[C@@H](C(=O)CC)C[C@H]1C(=O)c1ccccc1. The Kier molecular flexibility index (Phi) is 4.53. The Labute approximate surface area is 120 Å². The van der Waals surface area contributed by atoms with Crippen molar-refractivity contribution in [3.8, 4) is 0 Å². The van der Waals surface area contributed by atoms with Gasteiger partial charge < -0.3 is 0 Å². The maximum Gasteiger partial charge on any atom is 0.169 e. The largest absolute Gasteiger partial charge is 0.299 e. The zero-order valence-electron chi connectivity index (χ0n) is 12.3. The molecule has 0 radical (unpaired) electrons. The van der Waals surface area contributed by atoms with Gasteiger partial charge in [0.05, 0.1) is 0 Å². The molecule has 0 N–H and O–H groups in total. The predicted molar refractivity (Wildman–Crippen MR) is 80.6 cm³/mol. The zero-order chi connectivity index (χ0) is 14.7. The molecule has 0 spiro atoms. The van der Waals surface area contributed by atoms with Crippen LogP contribution < -0.4 is 0 Å². The van der Waals surface area contributed by atoms with E-state index in [2.05, 4.69) is 13.5 Å². The maximum absolute atomic E-state index is 12.6. The van der Waals surface area contributed by atoms with Crippen LogP contribution in [0.5, 0.6) is 0 Å². The molecule has 2 nitrogen and oxygen atoms in total. The monoisotopic (exact) mass is 270 g/mol. The van der Waals surface area contributed by atoms with Crippen molar-refractivity contribution in [1.29, 1.82) is 0 Å². The summed E-state index contributed by atoms with van der Waals surface area (Å²) in [7, 11) is 0. The molecule has 0 heterocycles. The summed E-state index contributed by atoms with van der Waals surface area (Å²) in [5.41, 5.74) is 1.70. The molecular weight excluding hydrogens is 248 g/mol. The second-order valence-corrected chi connectivity index (χ2v) is 5.78. The molecule has 2 heteroatoms. The molecular formula is C18H22O2. The lowest BCUT2D eigenvalue weighted by Gasteiger charge is -2.34. The number of Topliss-reactive ketones (excluding diaryl/α,β-unsaturated/α-hetero) is 2. The summed E-state index contributed by atoms with van der Waals surface area (Å²) in [4.78, 5) is 24.6. The van der Waals surface area contributed by atoms with Gasteiger partial charge in [-0.3, -0.25) is 9.59 Å². The van der Waals surface area contributed by atoms with Crippen LogP contribution in [0.15, 0.2) is 42.5 Å². The number of benzene rings is 1. The standard InChI is InChI=1S/C18H22O2/c1-4-17(19)15-11-16(13(3)10-12(15)2)18(20)14-8-6-5-7-9-14/h5-9,12,15-16H,3-4,10-11H2,1-2H3/t12-,15-,16+/m0/s1. The van der Waals surface area contributed by atoms with Gasteiger partial charge in [0.25, 0.3) is 0 Å². The average molecular weight is 270 g/mol. The van der Waals surface area contributed by atoms with Gasteiger partial charge in [0.15, 0.2) is 5.78 Å². The Morgan fingerprint density at radius 1 is 1.25 bits per heavy atom. The van der Waals surface area contributed by atoms with Crippen molar-refractivity contribution >= 4 is 11.6 Å². The van der Waals surface area contributed by atoms with E-state index in [1.165, 1.54) is 0 Å². The summed E-state index contributed by atoms with van der Waals surface area (Å²) >= 11 is 0. The van der Waals surface area contributed by atoms with Crippen molar-refractivity contribution in [3.63, 3.8) is 0 Å². The molecule has 0 bridgehead atoms. The molecule has 0 aliphatic heterocycles. The highest BCUT2D eigenvalue weighted by Gasteiger charge is 2.37. The Hall–Kier alpha value is -1.70. The molecule has 20 heavy (non-hydrogen) atoms. The van der Waals surface area contributed by atoms with Gasteiger partial charge in [-0.05, 0) is 18.8 Å². The topological polar surface area (TPSA) is 34.1 Å². The van der Waals surface area contributed by atoms with Crippen LogP contribution >= 0.6 is 0 Å². The molecule has 1 saturated carbocycles. The molecule has 1 aliphatic carbocycles. The lowest BCUT2D eigenvalue weighted by molar-refractivity contribution is -0.124. The van der Waals surface area contributed by atoms with Crippen LogP contribution in [0, 0.1) is 17.8 Å². The third-order valence-corrected chi connectivity index (χ3v) is 4.39. The third-order valence-electron chi connectivity index (χ3n) is 4.39. The van der Waals surface area contributed by atoms with E-state index in [9.17, 15) is 9.59 Å². The Morgan fingerprint density at radius 3 is 2.50 bits per heavy atom. The Morgan fingerprint density at radius 2 is 1.90 bits per heavy atom. The fraction of sp³-hybridized carbons (Fsp3) is 0.444. The van der Waals surface area contributed by atoms with E-state index >= 15 is 0 Å². The first-order chi connectivity index (χ1) is 9.54. The molecule has 1 fully saturated rings. The maximum atomic E-state index is 12.6. The lowest BCUT2D eigenvalue weighted by atomic mass is 9.68. The summed E-state index contributed by atoms with van der Waals surface area (Å²) in [6, 6.07) is 9.32. The first kappa shape index (κ1) is 14.7. The fourth-order valence-corrected chi connectivity index (χ4v) is 3.16. The lowest BCUT2D eigenvalue weighted by Crippen LogP contribution is -2.33. The van der Waals surface area contributed by atoms with Gasteiger partial charge in [-0.25, -0.2) is 0 Å². The Bertz CT molecular complexity index is 515. The van der Waals surface area contributed by atoms with E-state index < -0.39 is 0 Å². The third kappa shape index (κ3) is 2.90. The average Bonchev–Trinajstić information content (AvgIpc) is 2.47. The minimum absolute atomic E-state index is 0.00293. The number of hydrogen-bond acceptors (Lipinski definition) is 2. The second-order valence-electron chi connectivity index (χ2n) is 5.78. The highest BCUT2D eigenvalue weighted by atomic mass is 16.1. The van der Waals surface area contributed by atoms with Crippen LogP contribution in [-0.2, 0) is 4.79 Å². The molecule has 106 valence electrons. The summed E-state index contributed by atoms with van der Waals surface area (Å²) in [5.74, 6) is 0.485. The van der Waals surface area contributed by atoms with Gasteiger partial charge >= 0.3 is 0 Å². The number of carbonyl (C=O) groups is 2.